The molecule has 10 heteroatoms. The molecular weight excluding hydrogens is 482 g/mol. The van der Waals surface area contributed by atoms with E-state index in [4.69, 9.17) is 19.2 Å². The molecule has 3 atom stereocenters. The van der Waals surface area contributed by atoms with Gasteiger partial charge in [0.05, 0.1) is 25.5 Å². The van der Waals surface area contributed by atoms with E-state index >= 15 is 0 Å². The molecule has 2 aromatic carbocycles. The zero-order valence-corrected chi connectivity index (χ0v) is 20.1. The fraction of sp³-hybridized carbons (Fsp3) is 0.462. The number of carbonyl (C=O) groups is 1. The van der Waals surface area contributed by atoms with Crippen LogP contribution >= 0.6 is 0 Å². The Bertz CT molecular complexity index is 1140. The van der Waals surface area contributed by atoms with Crippen LogP contribution in [0.15, 0.2) is 41.4 Å². The highest BCUT2D eigenvalue weighted by atomic mass is 19.3. The Hall–Kier alpha value is -3.30. The van der Waals surface area contributed by atoms with E-state index in [9.17, 15) is 22.4 Å². The minimum Gasteiger partial charge on any atom is -0.493 e. The first-order valence-electron chi connectivity index (χ1n) is 11.7. The third kappa shape index (κ3) is 5.27. The van der Waals surface area contributed by atoms with Crippen LogP contribution in [-0.4, -0.2) is 50.1 Å². The standard InChI is InChI=1S/C26H27F4NO5/c1-4-34-23-12-18-19-11-17(35-14(2)32)9-10-21(19)31-24(20(18)13-22(23)33-3)15-5-7-16(8-6-15)36-26(29,30)25(27)28/h5-8,12-13,17,19,21,25H,4,9-11H2,1-3H3. The number of esters is 1. The summed E-state index contributed by atoms with van der Waals surface area (Å²) < 4.78 is 72.6. The van der Waals surface area contributed by atoms with Gasteiger partial charge in [-0.1, -0.05) is 0 Å². The van der Waals surface area contributed by atoms with Crippen molar-refractivity contribution in [3.05, 3.63) is 53.1 Å². The van der Waals surface area contributed by atoms with Crippen molar-refractivity contribution in [2.45, 2.75) is 63.7 Å². The molecule has 2 aromatic rings. The van der Waals surface area contributed by atoms with E-state index in [1.165, 1.54) is 38.3 Å². The van der Waals surface area contributed by atoms with E-state index in [-0.39, 0.29) is 29.8 Å². The number of fused-ring (bicyclic) bond motifs is 3. The van der Waals surface area contributed by atoms with E-state index in [0.29, 0.717) is 48.6 Å². The summed E-state index contributed by atoms with van der Waals surface area (Å²) in [5, 5.41) is 0. The molecule has 194 valence electrons. The van der Waals surface area contributed by atoms with Crippen molar-refractivity contribution >= 4 is 11.7 Å². The molecule has 1 fully saturated rings. The first-order chi connectivity index (χ1) is 17.1. The number of hydrogen-bond donors (Lipinski definition) is 0. The lowest BCUT2D eigenvalue weighted by Gasteiger charge is -2.38. The van der Waals surface area contributed by atoms with Crippen LogP contribution in [0.3, 0.4) is 0 Å². The monoisotopic (exact) mass is 509 g/mol. The van der Waals surface area contributed by atoms with E-state index in [1.807, 2.05) is 19.1 Å². The number of ether oxygens (including phenoxy) is 4. The Morgan fingerprint density at radius 3 is 2.47 bits per heavy atom. The molecule has 4 rings (SSSR count). The van der Waals surface area contributed by atoms with Gasteiger partial charge in [-0.25, -0.2) is 0 Å². The molecule has 1 heterocycles. The predicted molar refractivity (Wildman–Crippen MR) is 124 cm³/mol. The summed E-state index contributed by atoms with van der Waals surface area (Å²) in [6.45, 7) is 3.69. The van der Waals surface area contributed by atoms with Crippen LogP contribution in [0, 0.1) is 0 Å². The van der Waals surface area contributed by atoms with Gasteiger partial charge in [0.25, 0.3) is 0 Å². The highest BCUT2D eigenvalue weighted by Crippen LogP contribution is 2.45. The Morgan fingerprint density at radius 2 is 1.86 bits per heavy atom. The number of rotatable bonds is 8. The van der Waals surface area contributed by atoms with Crippen LogP contribution in [0.25, 0.3) is 0 Å². The number of aliphatic imine (C=N–C) groups is 1. The number of hydrogen-bond acceptors (Lipinski definition) is 6. The first kappa shape index (κ1) is 25.8. The van der Waals surface area contributed by atoms with Crippen molar-refractivity contribution < 1.29 is 41.3 Å². The third-order valence-electron chi connectivity index (χ3n) is 6.32. The quantitative estimate of drug-likeness (QED) is 0.335. The van der Waals surface area contributed by atoms with Gasteiger partial charge in [-0.15, -0.1) is 0 Å². The number of carbonyl (C=O) groups excluding carboxylic acids is 1. The fourth-order valence-electron chi connectivity index (χ4n) is 4.81. The molecule has 0 amide bonds. The molecule has 0 N–H and O–H groups in total. The van der Waals surface area contributed by atoms with Gasteiger partial charge in [0.15, 0.2) is 11.5 Å². The Morgan fingerprint density at radius 1 is 1.14 bits per heavy atom. The Balaban J connectivity index is 1.73. The van der Waals surface area contributed by atoms with E-state index in [0.717, 1.165) is 11.1 Å². The smallest absolute Gasteiger partial charge is 0.461 e. The van der Waals surface area contributed by atoms with Gasteiger partial charge in [-0.3, -0.25) is 9.79 Å². The van der Waals surface area contributed by atoms with Crippen molar-refractivity contribution in [2.24, 2.45) is 4.99 Å². The number of nitrogens with zero attached hydrogens (tertiary/aromatic N) is 1. The van der Waals surface area contributed by atoms with Crippen LogP contribution < -0.4 is 14.2 Å². The molecule has 0 radical (unpaired) electrons. The second-order valence-electron chi connectivity index (χ2n) is 8.71. The molecule has 1 aliphatic carbocycles. The molecule has 0 saturated heterocycles. The Labute approximate surface area is 206 Å². The van der Waals surface area contributed by atoms with Gasteiger partial charge in [-0.05, 0) is 68.1 Å². The minimum atomic E-state index is -4.59. The molecule has 36 heavy (non-hydrogen) atoms. The zero-order valence-electron chi connectivity index (χ0n) is 20.1. The molecule has 0 bridgehead atoms. The largest absolute Gasteiger partial charge is 0.493 e. The minimum absolute atomic E-state index is 0.0284. The second kappa shape index (κ2) is 10.4. The summed E-state index contributed by atoms with van der Waals surface area (Å²) in [5.74, 6) is 0.337. The lowest BCUT2D eigenvalue weighted by atomic mass is 9.74. The van der Waals surface area contributed by atoms with Crippen molar-refractivity contribution in [1.29, 1.82) is 0 Å². The summed E-state index contributed by atoms with van der Waals surface area (Å²) >= 11 is 0. The van der Waals surface area contributed by atoms with Gasteiger partial charge >= 0.3 is 18.5 Å². The highest BCUT2D eigenvalue weighted by Gasteiger charge is 2.44. The normalized spacial score (nSPS) is 21.2. The molecule has 3 unspecified atom stereocenters. The maximum Gasteiger partial charge on any atom is 0.461 e. The zero-order chi connectivity index (χ0) is 26.0. The van der Waals surface area contributed by atoms with Crippen LogP contribution in [0.2, 0.25) is 0 Å². The molecule has 2 aliphatic rings. The summed E-state index contributed by atoms with van der Waals surface area (Å²) in [6, 6.07) is 9.08. The average molecular weight is 509 g/mol. The van der Waals surface area contributed by atoms with Crippen molar-refractivity contribution in [1.82, 2.24) is 0 Å². The third-order valence-corrected chi connectivity index (χ3v) is 6.32. The highest BCUT2D eigenvalue weighted by molar-refractivity contribution is 6.15. The van der Waals surface area contributed by atoms with Gasteiger partial charge in [-0.2, -0.15) is 17.6 Å². The van der Waals surface area contributed by atoms with Crippen LogP contribution in [0.4, 0.5) is 17.6 Å². The van der Waals surface area contributed by atoms with E-state index in [1.54, 1.807) is 0 Å². The van der Waals surface area contributed by atoms with Crippen molar-refractivity contribution in [2.75, 3.05) is 13.7 Å². The lowest BCUT2D eigenvalue weighted by molar-refractivity contribution is -0.253. The van der Waals surface area contributed by atoms with E-state index < -0.39 is 12.5 Å². The predicted octanol–water partition coefficient (Wildman–Crippen LogP) is 5.75. The summed E-state index contributed by atoms with van der Waals surface area (Å²) in [4.78, 5) is 16.5. The second-order valence-corrected chi connectivity index (χ2v) is 8.71. The molecular formula is C26H27F4NO5. The topological polar surface area (TPSA) is 66.3 Å². The van der Waals surface area contributed by atoms with Crippen LogP contribution in [-0.2, 0) is 9.53 Å². The maximum absolute atomic E-state index is 13.3. The number of methoxy groups -OCH3 is 1. The number of halogens is 4. The first-order valence-corrected chi connectivity index (χ1v) is 11.7. The molecule has 0 spiro atoms. The Kier molecular flexibility index (Phi) is 7.42. The number of benzene rings is 2. The SMILES string of the molecule is CCOc1cc2c(cc1OC)C(c1ccc(OC(F)(F)C(F)F)cc1)=NC1CCC(OC(C)=O)CC21. The van der Waals surface area contributed by atoms with Crippen LogP contribution in [0.1, 0.15) is 55.7 Å². The number of alkyl halides is 4. The maximum atomic E-state index is 13.3. The fourth-order valence-corrected chi connectivity index (χ4v) is 4.81. The van der Waals surface area contributed by atoms with Crippen molar-refractivity contribution in [3.8, 4) is 17.2 Å². The molecule has 6 nitrogen and oxygen atoms in total. The summed E-state index contributed by atoms with van der Waals surface area (Å²) in [7, 11) is 1.53. The molecule has 1 saturated carbocycles. The van der Waals surface area contributed by atoms with E-state index in [2.05, 4.69) is 4.74 Å². The van der Waals surface area contributed by atoms with Gasteiger partial charge in [0.1, 0.15) is 11.9 Å². The van der Waals surface area contributed by atoms with Gasteiger partial charge in [0, 0.05) is 24.0 Å². The summed E-state index contributed by atoms with van der Waals surface area (Å²) in [6.07, 6.45) is -6.81. The van der Waals surface area contributed by atoms with Crippen molar-refractivity contribution in [3.63, 3.8) is 0 Å². The van der Waals surface area contributed by atoms with Gasteiger partial charge < -0.3 is 18.9 Å². The van der Waals surface area contributed by atoms with Gasteiger partial charge in [0.2, 0.25) is 0 Å². The summed E-state index contributed by atoms with van der Waals surface area (Å²) in [5.41, 5.74) is 2.95. The molecule has 0 aromatic heterocycles. The molecule has 1 aliphatic heterocycles. The average Bonchev–Trinajstić information content (AvgIpc) is 2.83. The lowest BCUT2D eigenvalue weighted by Crippen LogP contribution is -2.36. The van der Waals surface area contributed by atoms with Crippen LogP contribution in [0.5, 0.6) is 17.2 Å².